The van der Waals surface area contributed by atoms with Gasteiger partial charge in [0.25, 0.3) is 0 Å². The first kappa shape index (κ1) is 13.8. The third kappa shape index (κ3) is 3.13. The monoisotopic (exact) mass is 253 g/mol. The van der Waals surface area contributed by atoms with Crippen molar-refractivity contribution in [1.82, 2.24) is 0 Å². The second-order valence-corrected chi connectivity index (χ2v) is 3.44. The summed E-state index contributed by atoms with van der Waals surface area (Å²) in [7, 11) is 2.61. The molecule has 1 atom stereocenters. The summed E-state index contributed by atoms with van der Waals surface area (Å²) in [6, 6.07) is 3.95. The Morgan fingerprint density at radius 2 is 1.89 bits per heavy atom. The normalized spacial score (nSPS) is 11.5. The van der Waals surface area contributed by atoms with Crippen molar-refractivity contribution < 1.29 is 28.9 Å². The number of aromatic carboxylic acids is 1. The fourth-order valence-electron chi connectivity index (χ4n) is 1.30. The van der Waals surface area contributed by atoms with Gasteiger partial charge >= 0.3 is 5.97 Å². The molecule has 1 aromatic rings. The van der Waals surface area contributed by atoms with Crippen molar-refractivity contribution in [2.75, 3.05) is 14.2 Å². The lowest BCUT2D eigenvalue weighted by molar-refractivity contribution is -0.255. The number of carbonyl (C=O) groups excluding carboxylic acids is 2. The molecule has 0 saturated heterocycles. The summed E-state index contributed by atoms with van der Waals surface area (Å²) in [5.74, 6) is -1.41. The topological polar surface area (TPSA) is 84.9 Å². The molecule has 1 rings (SSSR count). The number of carboxylic acids is 1. The quantitative estimate of drug-likeness (QED) is 0.686. The highest BCUT2D eigenvalue weighted by molar-refractivity contribution is 5.86. The average molecular weight is 253 g/mol. The molecule has 0 unspecified atom stereocenters. The largest absolute Gasteiger partial charge is 0.545 e. The molecule has 0 aromatic heterocycles. The Labute approximate surface area is 104 Å². The van der Waals surface area contributed by atoms with E-state index in [0.29, 0.717) is 0 Å². The van der Waals surface area contributed by atoms with Crippen LogP contribution in [-0.4, -0.2) is 32.3 Å². The minimum absolute atomic E-state index is 0.0371. The first-order valence-corrected chi connectivity index (χ1v) is 5.13. The van der Waals surface area contributed by atoms with Crippen LogP contribution in [0.5, 0.6) is 11.5 Å². The first-order chi connectivity index (χ1) is 8.49. The van der Waals surface area contributed by atoms with Gasteiger partial charge in [-0.2, -0.15) is 0 Å². The van der Waals surface area contributed by atoms with Gasteiger partial charge in [0.2, 0.25) is 0 Å². The molecular weight excluding hydrogens is 240 g/mol. The second kappa shape index (κ2) is 5.90. The lowest BCUT2D eigenvalue weighted by Crippen LogP contribution is -2.25. The molecule has 98 valence electrons. The van der Waals surface area contributed by atoms with E-state index in [9.17, 15) is 14.7 Å². The Balaban J connectivity index is 2.96. The average Bonchev–Trinajstić information content (AvgIpc) is 2.37. The number of hydrogen-bond donors (Lipinski definition) is 0. The van der Waals surface area contributed by atoms with Gasteiger partial charge in [0.15, 0.2) is 17.6 Å². The smallest absolute Gasteiger partial charge is 0.346 e. The highest BCUT2D eigenvalue weighted by Gasteiger charge is 2.17. The lowest BCUT2D eigenvalue weighted by Gasteiger charge is -2.16. The summed E-state index contributed by atoms with van der Waals surface area (Å²) < 4.78 is 14.8. The van der Waals surface area contributed by atoms with Crippen LogP contribution < -0.4 is 14.6 Å². The van der Waals surface area contributed by atoms with E-state index in [4.69, 9.17) is 9.47 Å². The Bertz CT molecular complexity index is 454. The predicted octanol–water partition coefficient (Wildman–Crippen LogP) is -0.00100. The van der Waals surface area contributed by atoms with Gasteiger partial charge in [-0.05, 0) is 25.1 Å². The van der Waals surface area contributed by atoms with Crippen molar-refractivity contribution in [3.63, 3.8) is 0 Å². The Morgan fingerprint density at radius 3 is 2.39 bits per heavy atom. The predicted molar refractivity (Wildman–Crippen MR) is 59.4 cm³/mol. The van der Waals surface area contributed by atoms with Crippen molar-refractivity contribution in [3.8, 4) is 11.5 Å². The second-order valence-electron chi connectivity index (χ2n) is 3.44. The van der Waals surface area contributed by atoms with Crippen LogP contribution in [0.15, 0.2) is 18.2 Å². The van der Waals surface area contributed by atoms with E-state index >= 15 is 0 Å². The molecule has 18 heavy (non-hydrogen) atoms. The zero-order valence-corrected chi connectivity index (χ0v) is 10.3. The van der Waals surface area contributed by atoms with Gasteiger partial charge in [0.1, 0.15) is 0 Å². The van der Waals surface area contributed by atoms with E-state index < -0.39 is 18.0 Å². The molecule has 1 aromatic carbocycles. The number of hydrogen-bond acceptors (Lipinski definition) is 6. The van der Waals surface area contributed by atoms with Crippen LogP contribution in [0.1, 0.15) is 17.3 Å². The van der Waals surface area contributed by atoms with E-state index in [1.54, 1.807) is 0 Å². The van der Waals surface area contributed by atoms with Gasteiger partial charge < -0.3 is 24.1 Å². The third-order valence-corrected chi connectivity index (χ3v) is 2.24. The van der Waals surface area contributed by atoms with E-state index in [-0.39, 0.29) is 17.1 Å². The fourth-order valence-corrected chi connectivity index (χ4v) is 1.30. The van der Waals surface area contributed by atoms with Crippen molar-refractivity contribution in [3.05, 3.63) is 23.8 Å². The number of methoxy groups -OCH3 is 2. The number of rotatable bonds is 5. The van der Waals surface area contributed by atoms with E-state index in [2.05, 4.69) is 4.74 Å². The highest BCUT2D eigenvalue weighted by atomic mass is 16.6. The molecular formula is C12H13O6-. The molecule has 6 nitrogen and oxygen atoms in total. The van der Waals surface area contributed by atoms with Crippen molar-refractivity contribution in [2.45, 2.75) is 13.0 Å². The molecule has 0 spiro atoms. The van der Waals surface area contributed by atoms with Gasteiger partial charge in [-0.1, -0.05) is 0 Å². The molecule has 0 N–H and O–H groups in total. The maximum atomic E-state index is 11.2. The molecule has 6 heteroatoms. The van der Waals surface area contributed by atoms with E-state index in [0.717, 1.165) is 0 Å². The maximum absolute atomic E-state index is 11.2. The summed E-state index contributed by atoms with van der Waals surface area (Å²) in [5, 5.41) is 10.7. The van der Waals surface area contributed by atoms with Crippen molar-refractivity contribution in [2.24, 2.45) is 0 Å². The van der Waals surface area contributed by atoms with Crippen LogP contribution in [-0.2, 0) is 9.53 Å². The maximum Gasteiger partial charge on any atom is 0.346 e. The van der Waals surface area contributed by atoms with Gasteiger partial charge in [-0.25, -0.2) is 4.79 Å². The van der Waals surface area contributed by atoms with E-state index in [1.807, 2.05) is 0 Å². The summed E-state index contributed by atoms with van der Waals surface area (Å²) >= 11 is 0. The molecule has 0 fully saturated rings. The Hall–Kier alpha value is -2.24. The highest BCUT2D eigenvalue weighted by Crippen LogP contribution is 2.28. The lowest BCUT2D eigenvalue weighted by atomic mass is 10.2. The Morgan fingerprint density at radius 1 is 1.22 bits per heavy atom. The van der Waals surface area contributed by atoms with Crippen LogP contribution >= 0.6 is 0 Å². The molecule has 0 saturated carbocycles. The number of carbonyl (C=O) groups is 2. The van der Waals surface area contributed by atoms with Crippen LogP contribution in [0.2, 0.25) is 0 Å². The van der Waals surface area contributed by atoms with Crippen LogP contribution in [0.25, 0.3) is 0 Å². The third-order valence-electron chi connectivity index (χ3n) is 2.24. The summed E-state index contributed by atoms with van der Waals surface area (Å²) in [6.45, 7) is 1.51. The molecule has 0 bridgehead atoms. The minimum atomic E-state index is -1.32. The van der Waals surface area contributed by atoms with Crippen molar-refractivity contribution >= 4 is 11.9 Å². The standard InChI is InChI=1S/C12H14O6/c1-7(12(15)17-3)18-9-5-4-8(11(13)14)6-10(9)16-2/h4-7H,1-3H3,(H,13,14)/p-1/t7-/m0/s1. The Kier molecular flexibility index (Phi) is 4.53. The van der Waals surface area contributed by atoms with Gasteiger partial charge in [0.05, 0.1) is 20.2 Å². The van der Waals surface area contributed by atoms with Crippen LogP contribution in [0.4, 0.5) is 0 Å². The summed E-state index contributed by atoms with van der Waals surface area (Å²) in [6.07, 6.45) is -0.822. The number of carboxylic acid groups (broad SMARTS) is 1. The van der Waals surface area contributed by atoms with Gasteiger partial charge in [-0.3, -0.25) is 0 Å². The molecule has 0 aliphatic rings. The number of ether oxygens (including phenoxy) is 3. The van der Waals surface area contributed by atoms with Crippen molar-refractivity contribution in [1.29, 1.82) is 0 Å². The molecule has 0 amide bonds. The molecule has 0 heterocycles. The zero-order valence-electron chi connectivity index (χ0n) is 10.3. The molecule has 0 radical (unpaired) electrons. The number of esters is 1. The SMILES string of the molecule is COC(=O)[C@H](C)Oc1ccc(C(=O)[O-])cc1OC. The van der Waals surface area contributed by atoms with Crippen LogP contribution in [0.3, 0.4) is 0 Å². The van der Waals surface area contributed by atoms with E-state index in [1.165, 1.54) is 39.3 Å². The van der Waals surface area contributed by atoms with Gasteiger partial charge in [-0.15, -0.1) is 0 Å². The molecule has 0 aliphatic carbocycles. The zero-order chi connectivity index (χ0) is 13.7. The fraction of sp³-hybridized carbons (Fsp3) is 0.333. The number of benzene rings is 1. The van der Waals surface area contributed by atoms with Gasteiger partial charge in [0, 0.05) is 5.56 Å². The molecule has 0 aliphatic heterocycles. The minimum Gasteiger partial charge on any atom is -0.545 e. The summed E-state index contributed by atoms with van der Waals surface area (Å²) in [5.41, 5.74) is -0.0371. The summed E-state index contributed by atoms with van der Waals surface area (Å²) in [4.78, 5) is 21.9. The van der Waals surface area contributed by atoms with Crippen LogP contribution in [0, 0.1) is 0 Å². The first-order valence-electron chi connectivity index (χ1n) is 5.13.